The Morgan fingerprint density at radius 2 is 1.56 bits per heavy atom. The van der Waals surface area contributed by atoms with E-state index in [2.05, 4.69) is 11.8 Å². The minimum atomic E-state index is 0.813. The van der Waals surface area contributed by atoms with E-state index in [4.69, 9.17) is 12.8 Å². The van der Waals surface area contributed by atoms with Gasteiger partial charge in [0.1, 0.15) is 0 Å². The topological polar surface area (TPSA) is 0 Å². The van der Waals surface area contributed by atoms with Gasteiger partial charge < -0.3 is 0 Å². The van der Waals surface area contributed by atoms with Gasteiger partial charge in [-0.1, -0.05) is 48.2 Å². The monoisotopic (exact) mass is 202 g/mol. The van der Waals surface area contributed by atoms with E-state index < -0.39 is 0 Å². The highest BCUT2D eigenvalue weighted by atomic mass is 14.1. The summed E-state index contributed by atoms with van der Waals surface area (Å²) in [4.78, 5) is 0. The van der Waals surface area contributed by atoms with Gasteiger partial charge in [-0.3, -0.25) is 0 Å². The summed E-state index contributed by atoms with van der Waals surface area (Å²) in [5.41, 5.74) is 3.80. The molecule has 0 nitrogen and oxygen atoms in total. The second-order valence-electron chi connectivity index (χ2n) is 3.42. The van der Waals surface area contributed by atoms with Crippen molar-refractivity contribution in [3.05, 3.63) is 59.7 Å². The number of hydrogen-bond acceptors (Lipinski definition) is 0. The molecule has 0 unspecified atom stereocenters. The summed E-state index contributed by atoms with van der Waals surface area (Å²) in [7, 11) is 0. The highest BCUT2D eigenvalue weighted by Crippen LogP contribution is 2.23. The van der Waals surface area contributed by atoms with Crippen molar-refractivity contribution in [2.75, 3.05) is 0 Å². The molecule has 0 aromatic heterocycles. The summed E-state index contributed by atoms with van der Waals surface area (Å²) < 4.78 is 0. The van der Waals surface area contributed by atoms with Crippen molar-refractivity contribution in [3.8, 4) is 35.8 Å². The van der Waals surface area contributed by atoms with Gasteiger partial charge in [-0.15, -0.1) is 12.8 Å². The molecule has 0 atom stereocenters. The van der Waals surface area contributed by atoms with Crippen LogP contribution in [0.2, 0.25) is 0 Å². The Morgan fingerprint density at radius 1 is 0.812 bits per heavy atom. The third-order valence-corrected chi connectivity index (χ3v) is 2.43. The Morgan fingerprint density at radius 3 is 2.19 bits per heavy atom. The summed E-state index contributed by atoms with van der Waals surface area (Å²) in [6, 6.07) is 15.8. The minimum Gasteiger partial charge on any atom is -0.115 e. The van der Waals surface area contributed by atoms with Crippen LogP contribution in [0.4, 0.5) is 0 Å². The molecule has 0 bridgehead atoms. The molecule has 2 aromatic carbocycles. The Hall–Kier alpha value is -2.44. The zero-order valence-corrected chi connectivity index (χ0v) is 8.77. The molecule has 0 heterocycles. The van der Waals surface area contributed by atoms with Crippen molar-refractivity contribution >= 4 is 0 Å². The van der Waals surface area contributed by atoms with Crippen LogP contribution in [0.1, 0.15) is 11.1 Å². The molecule has 0 heteroatoms. The van der Waals surface area contributed by atoms with Gasteiger partial charge in [-0.05, 0) is 23.3 Å². The van der Waals surface area contributed by atoms with Gasteiger partial charge in [0, 0.05) is 11.1 Å². The fourth-order valence-corrected chi connectivity index (χ4v) is 1.62. The summed E-state index contributed by atoms with van der Waals surface area (Å²) in [6.07, 6.45) is 10.8. The van der Waals surface area contributed by atoms with E-state index in [1.165, 1.54) is 0 Å². The Balaban J connectivity index is 2.60. The van der Waals surface area contributed by atoms with Crippen molar-refractivity contribution < 1.29 is 0 Å². The minimum absolute atomic E-state index is 0.813. The molecule has 16 heavy (non-hydrogen) atoms. The fourth-order valence-electron chi connectivity index (χ4n) is 1.62. The molecular weight excluding hydrogens is 192 g/mol. The molecule has 2 rings (SSSR count). The number of terminal acetylenes is 2. The molecule has 2 aromatic rings. The maximum absolute atomic E-state index is 5.49. The molecule has 0 spiro atoms. The standard InChI is InChI=1S/C16H10/c1-3-13-10-11-16(14(4-2)12-13)15-8-6-5-7-9-15/h1-2,5-12H. The molecular formula is C16H10. The lowest BCUT2D eigenvalue weighted by molar-refractivity contribution is 1.56. The van der Waals surface area contributed by atoms with Crippen LogP contribution >= 0.6 is 0 Å². The van der Waals surface area contributed by atoms with Crippen LogP contribution in [-0.4, -0.2) is 0 Å². The Labute approximate surface area is 95.9 Å². The van der Waals surface area contributed by atoms with Gasteiger partial charge in [0.05, 0.1) is 0 Å². The third-order valence-electron chi connectivity index (χ3n) is 2.43. The van der Waals surface area contributed by atoms with E-state index in [1.54, 1.807) is 0 Å². The van der Waals surface area contributed by atoms with Gasteiger partial charge in [0.25, 0.3) is 0 Å². The van der Waals surface area contributed by atoms with Gasteiger partial charge in [0.2, 0.25) is 0 Å². The van der Waals surface area contributed by atoms with E-state index in [9.17, 15) is 0 Å². The van der Waals surface area contributed by atoms with Gasteiger partial charge in [-0.2, -0.15) is 0 Å². The molecule has 0 aliphatic rings. The lowest BCUT2D eigenvalue weighted by atomic mass is 9.98. The van der Waals surface area contributed by atoms with E-state index >= 15 is 0 Å². The maximum Gasteiger partial charge on any atom is 0.0333 e. The molecule has 74 valence electrons. The SMILES string of the molecule is C#Cc1ccc(-c2ccccc2)c(C#C)c1. The summed E-state index contributed by atoms with van der Waals surface area (Å²) in [5.74, 6) is 5.26. The van der Waals surface area contributed by atoms with Crippen molar-refractivity contribution in [1.82, 2.24) is 0 Å². The van der Waals surface area contributed by atoms with Crippen LogP contribution in [0, 0.1) is 24.7 Å². The van der Waals surface area contributed by atoms with Crippen LogP contribution in [0.3, 0.4) is 0 Å². The van der Waals surface area contributed by atoms with E-state index in [1.807, 2.05) is 48.5 Å². The zero-order valence-electron chi connectivity index (χ0n) is 8.77. The van der Waals surface area contributed by atoms with Crippen LogP contribution in [-0.2, 0) is 0 Å². The first-order valence-corrected chi connectivity index (χ1v) is 4.98. The summed E-state index contributed by atoms with van der Waals surface area (Å²) in [6.45, 7) is 0. The summed E-state index contributed by atoms with van der Waals surface area (Å²) in [5, 5.41) is 0. The number of benzene rings is 2. The predicted molar refractivity (Wildman–Crippen MR) is 67.7 cm³/mol. The van der Waals surface area contributed by atoms with Crippen LogP contribution in [0.5, 0.6) is 0 Å². The van der Waals surface area contributed by atoms with E-state index in [0.29, 0.717) is 0 Å². The molecule has 0 amide bonds. The Kier molecular flexibility index (Phi) is 2.77. The quantitative estimate of drug-likeness (QED) is 0.622. The van der Waals surface area contributed by atoms with Gasteiger partial charge >= 0.3 is 0 Å². The second-order valence-corrected chi connectivity index (χ2v) is 3.42. The summed E-state index contributed by atoms with van der Waals surface area (Å²) >= 11 is 0. The van der Waals surface area contributed by atoms with Crippen molar-refractivity contribution in [2.45, 2.75) is 0 Å². The first-order valence-electron chi connectivity index (χ1n) is 4.98. The van der Waals surface area contributed by atoms with Crippen LogP contribution in [0.25, 0.3) is 11.1 Å². The maximum atomic E-state index is 5.49. The molecule has 0 fully saturated rings. The molecule has 0 aliphatic heterocycles. The van der Waals surface area contributed by atoms with Crippen molar-refractivity contribution in [3.63, 3.8) is 0 Å². The van der Waals surface area contributed by atoms with Crippen LogP contribution < -0.4 is 0 Å². The largest absolute Gasteiger partial charge is 0.115 e. The predicted octanol–water partition coefficient (Wildman–Crippen LogP) is 3.32. The Bertz CT molecular complexity index is 578. The highest BCUT2D eigenvalue weighted by Gasteiger charge is 2.03. The molecule has 0 saturated heterocycles. The fraction of sp³-hybridized carbons (Fsp3) is 0. The van der Waals surface area contributed by atoms with Crippen LogP contribution in [0.15, 0.2) is 48.5 Å². The smallest absolute Gasteiger partial charge is 0.0333 e. The van der Waals surface area contributed by atoms with Crippen molar-refractivity contribution in [2.24, 2.45) is 0 Å². The normalized spacial score (nSPS) is 9.12. The molecule has 0 N–H and O–H groups in total. The highest BCUT2D eigenvalue weighted by molar-refractivity contribution is 5.72. The average molecular weight is 202 g/mol. The first-order chi connectivity index (χ1) is 7.85. The molecule has 0 aliphatic carbocycles. The number of rotatable bonds is 1. The van der Waals surface area contributed by atoms with E-state index in [-0.39, 0.29) is 0 Å². The third kappa shape index (κ3) is 1.83. The van der Waals surface area contributed by atoms with Gasteiger partial charge in [0.15, 0.2) is 0 Å². The second kappa shape index (κ2) is 4.39. The molecule has 0 radical (unpaired) electrons. The van der Waals surface area contributed by atoms with Crippen molar-refractivity contribution in [1.29, 1.82) is 0 Å². The number of hydrogen-bond donors (Lipinski definition) is 0. The first kappa shape index (κ1) is 10.1. The van der Waals surface area contributed by atoms with Gasteiger partial charge in [-0.25, -0.2) is 0 Å². The molecule has 0 saturated carbocycles. The zero-order chi connectivity index (χ0) is 11.4. The lowest BCUT2D eigenvalue weighted by Crippen LogP contribution is -1.85. The lowest BCUT2D eigenvalue weighted by Gasteiger charge is -2.05. The average Bonchev–Trinajstić information content (AvgIpc) is 2.39. The van der Waals surface area contributed by atoms with E-state index in [0.717, 1.165) is 22.3 Å².